The molecule has 1 aliphatic heterocycles. The Morgan fingerprint density at radius 1 is 1.17 bits per heavy atom. The van der Waals surface area contributed by atoms with E-state index in [1.165, 1.54) is 0 Å². The first-order valence-electron chi connectivity index (χ1n) is 8.55. The number of carbonyl (C=O) groups excluding carboxylic acids is 3. The normalized spacial score (nSPS) is 24.7. The van der Waals surface area contributed by atoms with Crippen LogP contribution < -0.4 is 0 Å². The van der Waals surface area contributed by atoms with E-state index < -0.39 is 17.5 Å². The number of carbonyl (C=O) groups is 3. The molecule has 1 heterocycles. The molecule has 5 nitrogen and oxygen atoms in total. The minimum Gasteiger partial charge on any atom is -0.462 e. The van der Waals surface area contributed by atoms with Crippen LogP contribution in [-0.4, -0.2) is 29.9 Å². The molecule has 1 unspecified atom stereocenters. The molecule has 1 aliphatic carbocycles. The van der Waals surface area contributed by atoms with E-state index in [4.69, 9.17) is 9.47 Å². The van der Waals surface area contributed by atoms with Gasteiger partial charge in [-0.3, -0.25) is 9.59 Å². The van der Waals surface area contributed by atoms with Gasteiger partial charge >= 0.3 is 11.9 Å². The second kappa shape index (κ2) is 7.16. The van der Waals surface area contributed by atoms with Gasteiger partial charge in [-0.05, 0) is 30.9 Å². The quantitative estimate of drug-likeness (QED) is 0.613. The average molecular weight is 330 g/mol. The van der Waals surface area contributed by atoms with Crippen LogP contribution in [0, 0.1) is 5.92 Å². The Hall–Kier alpha value is -2.17. The maximum absolute atomic E-state index is 12.0. The predicted octanol–water partition coefficient (Wildman–Crippen LogP) is 3.07. The summed E-state index contributed by atoms with van der Waals surface area (Å²) >= 11 is 0. The van der Waals surface area contributed by atoms with Crippen molar-refractivity contribution in [1.82, 2.24) is 0 Å². The monoisotopic (exact) mass is 330 g/mol. The number of ether oxygens (including phenoxy) is 2. The molecule has 0 radical (unpaired) electrons. The number of esters is 2. The number of hydrogen-bond acceptors (Lipinski definition) is 5. The topological polar surface area (TPSA) is 69.7 Å². The van der Waals surface area contributed by atoms with Crippen molar-refractivity contribution in [3.8, 4) is 0 Å². The first-order valence-corrected chi connectivity index (χ1v) is 8.55. The molecule has 1 aromatic rings. The van der Waals surface area contributed by atoms with Crippen molar-refractivity contribution in [2.24, 2.45) is 5.92 Å². The number of hydrogen-bond donors (Lipinski definition) is 0. The average Bonchev–Trinajstić information content (AvgIpc) is 3.10. The lowest BCUT2D eigenvalue weighted by molar-refractivity contribution is -0.179. The lowest BCUT2D eigenvalue weighted by Crippen LogP contribution is -2.48. The fraction of sp³-hybridized carbons (Fsp3) is 0.526. The second-order valence-corrected chi connectivity index (χ2v) is 6.66. The van der Waals surface area contributed by atoms with Crippen LogP contribution in [0.1, 0.15) is 55.3 Å². The standard InChI is InChI=1S/C19H22O5/c20-16-12-17(21)24-19(13-16,15-8-4-5-9-15)10-11-23-18(22)14-6-2-1-3-7-14/h1-3,6-7,15H,4-5,8-13H2. The van der Waals surface area contributed by atoms with Crippen LogP contribution in [0.25, 0.3) is 0 Å². The zero-order chi connectivity index (χ0) is 17.0. The Labute approximate surface area is 141 Å². The third-order valence-electron chi connectivity index (χ3n) is 5.02. The number of ketones is 1. The smallest absolute Gasteiger partial charge is 0.338 e. The van der Waals surface area contributed by atoms with Crippen molar-refractivity contribution in [2.75, 3.05) is 6.61 Å². The molecule has 0 N–H and O–H groups in total. The van der Waals surface area contributed by atoms with E-state index in [0.717, 1.165) is 25.7 Å². The highest BCUT2D eigenvalue weighted by molar-refractivity contribution is 5.98. The maximum atomic E-state index is 12.0. The van der Waals surface area contributed by atoms with Crippen LogP contribution in [-0.2, 0) is 19.1 Å². The predicted molar refractivity (Wildman–Crippen MR) is 86.4 cm³/mol. The van der Waals surface area contributed by atoms with Gasteiger partial charge in [0.1, 0.15) is 17.8 Å². The minimum absolute atomic E-state index is 0.0764. The Morgan fingerprint density at radius 3 is 2.54 bits per heavy atom. The van der Waals surface area contributed by atoms with Gasteiger partial charge in [0.15, 0.2) is 0 Å². The van der Waals surface area contributed by atoms with Gasteiger partial charge in [-0.15, -0.1) is 0 Å². The zero-order valence-electron chi connectivity index (χ0n) is 13.7. The molecule has 1 saturated carbocycles. The van der Waals surface area contributed by atoms with Crippen LogP contribution in [0.15, 0.2) is 30.3 Å². The third-order valence-corrected chi connectivity index (χ3v) is 5.02. The van der Waals surface area contributed by atoms with Gasteiger partial charge in [0, 0.05) is 12.8 Å². The van der Waals surface area contributed by atoms with Gasteiger partial charge in [-0.1, -0.05) is 31.0 Å². The van der Waals surface area contributed by atoms with E-state index >= 15 is 0 Å². The number of Topliss-reactive ketones (excluding diaryl/α,β-unsaturated/α-hetero) is 1. The van der Waals surface area contributed by atoms with Crippen molar-refractivity contribution in [1.29, 1.82) is 0 Å². The highest BCUT2D eigenvalue weighted by Gasteiger charge is 2.48. The van der Waals surface area contributed by atoms with E-state index in [2.05, 4.69) is 0 Å². The summed E-state index contributed by atoms with van der Waals surface area (Å²) in [4.78, 5) is 35.8. The van der Waals surface area contributed by atoms with E-state index in [-0.39, 0.29) is 31.1 Å². The van der Waals surface area contributed by atoms with Crippen LogP contribution in [0.3, 0.4) is 0 Å². The van der Waals surface area contributed by atoms with Crippen molar-refractivity contribution in [3.63, 3.8) is 0 Å². The first-order chi connectivity index (χ1) is 11.6. The summed E-state index contributed by atoms with van der Waals surface area (Å²) in [5, 5.41) is 0. The minimum atomic E-state index is -0.792. The van der Waals surface area contributed by atoms with Gasteiger partial charge in [0.2, 0.25) is 0 Å². The maximum Gasteiger partial charge on any atom is 0.338 e. The van der Waals surface area contributed by atoms with Crippen molar-refractivity contribution in [3.05, 3.63) is 35.9 Å². The first kappa shape index (κ1) is 16.7. The van der Waals surface area contributed by atoms with E-state index in [1.807, 2.05) is 6.07 Å². The summed E-state index contributed by atoms with van der Waals surface area (Å²) in [5.74, 6) is -0.744. The summed E-state index contributed by atoms with van der Waals surface area (Å²) in [5.41, 5.74) is -0.302. The summed E-state index contributed by atoms with van der Waals surface area (Å²) in [6.45, 7) is 0.144. The lowest BCUT2D eigenvalue weighted by atomic mass is 9.77. The van der Waals surface area contributed by atoms with E-state index in [1.54, 1.807) is 24.3 Å². The molecule has 1 aromatic carbocycles. The van der Waals surface area contributed by atoms with Gasteiger partial charge in [-0.25, -0.2) is 4.79 Å². The van der Waals surface area contributed by atoms with E-state index in [0.29, 0.717) is 12.0 Å². The zero-order valence-corrected chi connectivity index (χ0v) is 13.7. The Kier molecular flexibility index (Phi) is 4.97. The highest BCUT2D eigenvalue weighted by atomic mass is 16.6. The Bertz CT molecular complexity index is 600. The SMILES string of the molecule is O=C1CC(=O)OC(CCOC(=O)c2ccccc2)(C2CCCC2)C1. The molecule has 0 aromatic heterocycles. The molecule has 128 valence electrons. The van der Waals surface area contributed by atoms with Crippen LogP contribution in [0.5, 0.6) is 0 Å². The number of cyclic esters (lactones) is 1. The number of rotatable bonds is 5. The van der Waals surface area contributed by atoms with Gasteiger partial charge in [-0.2, -0.15) is 0 Å². The second-order valence-electron chi connectivity index (χ2n) is 6.66. The van der Waals surface area contributed by atoms with Crippen molar-refractivity contribution >= 4 is 17.7 Å². The fourth-order valence-corrected chi connectivity index (χ4v) is 3.85. The molecule has 1 saturated heterocycles. The van der Waals surface area contributed by atoms with Crippen LogP contribution in [0.2, 0.25) is 0 Å². The van der Waals surface area contributed by atoms with Gasteiger partial charge in [0.25, 0.3) is 0 Å². The lowest BCUT2D eigenvalue weighted by Gasteiger charge is -2.40. The molecule has 3 rings (SSSR count). The Balaban J connectivity index is 1.65. The van der Waals surface area contributed by atoms with Gasteiger partial charge in [0.05, 0.1) is 12.2 Å². The molecule has 24 heavy (non-hydrogen) atoms. The number of benzene rings is 1. The van der Waals surface area contributed by atoms with E-state index in [9.17, 15) is 14.4 Å². The summed E-state index contributed by atoms with van der Waals surface area (Å²) in [6.07, 6.45) is 4.56. The van der Waals surface area contributed by atoms with Crippen LogP contribution >= 0.6 is 0 Å². The summed E-state index contributed by atoms with van der Waals surface area (Å²) in [7, 11) is 0. The molecule has 0 amide bonds. The van der Waals surface area contributed by atoms with Crippen molar-refractivity contribution in [2.45, 2.75) is 50.5 Å². The van der Waals surface area contributed by atoms with Crippen molar-refractivity contribution < 1.29 is 23.9 Å². The Morgan fingerprint density at radius 2 is 1.88 bits per heavy atom. The molecule has 1 atom stereocenters. The third kappa shape index (κ3) is 3.66. The summed E-state index contributed by atoms with van der Waals surface area (Å²) in [6, 6.07) is 8.77. The largest absolute Gasteiger partial charge is 0.462 e. The molecule has 2 fully saturated rings. The van der Waals surface area contributed by atoms with Crippen LogP contribution in [0.4, 0.5) is 0 Å². The highest BCUT2D eigenvalue weighted by Crippen LogP contribution is 2.43. The molecule has 0 spiro atoms. The molecule has 0 bridgehead atoms. The fourth-order valence-electron chi connectivity index (χ4n) is 3.85. The molecular formula is C19H22O5. The molecular weight excluding hydrogens is 308 g/mol. The molecule has 5 heteroatoms. The summed E-state index contributed by atoms with van der Waals surface area (Å²) < 4.78 is 11.0. The molecule has 2 aliphatic rings. The van der Waals surface area contributed by atoms with Gasteiger partial charge < -0.3 is 9.47 Å².